The highest BCUT2D eigenvalue weighted by atomic mass is 79.9. The van der Waals surface area contributed by atoms with Gasteiger partial charge in [0.1, 0.15) is 0 Å². The Balaban J connectivity index is 2.19. The van der Waals surface area contributed by atoms with Gasteiger partial charge in [-0.2, -0.15) is 0 Å². The molecule has 4 heteroatoms. The van der Waals surface area contributed by atoms with Crippen LogP contribution >= 0.6 is 27.5 Å². The van der Waals surface area contributed by atoms with Crippen molar-refractivity contribution in [3.8, 4) is 0 Å². The maximum absolute atomic E-state index is 5.98. The Kier molecular flexibility index (Phi) is 4.26. The standard InChI is InChI=1S/C13H13BrClNO/c1-16-12(11-5-6-17-13(11)14)8-9-3-2-4-10(15)7-9/h2-7,12,16H,8H2,1H3. The second-order valence-corrected chi connectivity index (χ2v) is 4.98. The van der Waals surface area contributed by atoms with Crippen molar-refractivity contribution in [2.24, 2.45) is 0 Å². The van der Waals surface area contributed by atoms with Crippen LogP contribution in [0.1, 0.15) is 17.2 Å². The van der Waals surface area contributed by atoms with Crippen molar-refractivity contribution in [2.75, 3.05) is 7.05 Å². The number of furan rings is 1. The number of hydrogen-bond acceptors (Lipinski definition) is 2. The average molecular weight is 315 g/mol. The predicted octanol–water partition coefficient (Wildman–Crippen LogP) is 4.20. The molecule has 2 nitrogen and oxygen atoms in total. The summed E-state index contributed by atoms with van der Waals surface area (Å²) in [7, 11) is 1.94. The molecule has 0 bridgehead atoms. The monoisotopic (exact) mass is 313 g/mol. The van der Waals surface area contributed by atoms with Crippen LogP contribution in [0.25, 0.3) is 0 Å². The predicted molar refractivity (Wildman–Crippen MR) is 73.4 cm³/mol. The summed E-state index contributed by atoms with van der Waals surface area (Å²) in [4.78, 5) is 0. The number of rotatable bonds is 4. The van der Waals surface area contributed by atoms with Crippen LogP contribution < -0.4 is 5.32 Å². The fraction of sp³-hybridized carbons (Fsp3) is 0.231. The van der Waals surface area contributed by atoms with Crippen LogP contribution in [-0.2, 0) is 6.42 Å². The first-order valence-electron chi connectivity index (χ1n) is 5.35. The molecule has 1 aromatic heterocycles. The minimum absolute atomic E-state index is 0.210. The molecule has 0 aliphatic rings. The van der Waals surface area contributed by atoms with Crippen molar-refractivity contribution < 1.29 is 4.42 Å². The van der Waals surface area contributed by atoms with Gasteiger partial charge in [0.2, 0.25) is 0 Å². The molecule has 0 radical (unpaired) electrons. The third kappa shape index (κ3) is 3.12. The summed E-state index contributed by atoms with van der Waals surface area (Å²) in [5, 5.41) is 4.05. The highest BCUT2D eigenvalue weighted by Gasteiger charge is 2.15. The van der Waals surface area contributed by atoms with Crippen molar-refractivity contribution in [1.82, 2.24) is 5.32 Å². The quantitative estimate of drug-likeness (QED) is 0.915. The van der Waals surface area contributed by atoms with Crippen molar-refractivity contribution in [1.29, 1.82) is 0 Å². The molecule has 0 saturated heterocycles. The van der Waals surface area contributed by atoms with E-state index in [4.69, 9.17) is 16.0 Å². The summed E-state index contributed by atoms with van der Waals surface area (Å²) in [6, 6.07) is 10.1. The molecule has 0 aliphatic carbocycles. The summed E-state index contributed by atoms with van der Waals surface area (Å²) in [6.45, 7) is 0. The Morgan fingerprint density at radius 1 is 1.41 bits per heavy atom. The van der Waals surface area contributed by atoms with Crippen LogP contribution in [0.15, 0.2) is 45.7 Å². The second-order valence-electron chi connectivity index (χ2n) is 3.82. The highest BCUT2D eigenvalue weighted by molar-refractivity contribution is 9.10. The third-order valence-corrected chi connectivity index (χ3v) is 3.58. The molecule has 0 spiro atoms. The van der Waals surface area contributed by atoms with Gasteiger partial charge in [-0.05, 0) is 53.2 Å². The number of benzene rings is 1. The van der Waals surface area contributed by atoms with Gasteiger partial charge < -0.3 is 9.73 Å². The van der Waals surface area contributed by atoms with Gasteiger partial charge in [0.25, 0.3) is 0 Å². The van der Waals surface area contributed by atoms with E-state index in [0.717, 1.165) is 21.7 Å². The first-order valence-corrected chi connectivity index (χ1v) is 6.52. The fourth-order valence-corrected chi connectivity index (χ4v) is 2.55. The van der Waals surface area contributed by atoms with E-state index in [9.17, 15) is 0 Å². The molecule has 0 fully saturated rings. The zero-order valence-corrected chi connectivity index (χ0v) is 11.8. The summed E-state index contributed by atoms with van der Waals surface area (Å²) < 4.78 is 6.04. The smallest absolute Gasteiger partial charge is 0.173 e. The Labute approximate surface area is 114 Å². The molecular weight excluding hydrogens is 302 g/mol. The van der Waals surface area contributed by atoms with E-state index in [1.165, 1.54) is 5.56 Å². The van der Waals surface area contributed by atoms with Crippen LogP contribution in [0.4, 0.5) is 0 Å². The Bertz CT molecular complexity index is 498. The molecule has 90 valence electrons. The van der Waals surface area contributed by atoms with Crippen LogP contribution in [-0.4, -0.2) is 7.05 Å². The molecule has 1 aromatic carbocycles. The average Bonchev–Trinajstić information content (AvgIpc) is 2.72. The van der Waals surface area contributed by atoms with Crippen molar-refractivity contribution in [3.63, 3.8) is 0 Å². The second kappa shape index (κ2) is 5.71. The third-order valence-electron chi connectivity index (χ3n) is 2.70. The van der Waals surface area contributed by atoms with Gasteiger partial charge in [-0.25, -0.2) is 0 Å². The van der Waals surface area contributed by atoms with Crippen molar-refractivity contribution in [2.45, 2.75) is 12.5 Å². The lowest BCUT2D eigenvalue weighted by atomic mass is 10.0. The van der Waals surface area contributed by atoms with Gasteiger partial charge in [0.05, 0.1) is 6.26 Å². The largest absolute Gasteiger partial charge is 0.457 e. The molecule has 0 aliphatic heterocycles. The van der Waals surface area contributed by atoms with Crippen LogP contribution in [0.3, 0.4) is 0 Å². The summed E-state index contributed by atoms with van der Waals surface area (Å²) >= 11 is 9.38. The molecule has 1 atom stereocenters. The van der Waals surface area contributed by atoms with E-state index in [-0.39, 0.29) is 6.04 Å². The molecule has 2 aromatic rings. The highest BCUT2D eigenvalue weighted by Crippen LogP contribution is 2.27. The van der Waals surface area contributed by atoms with Gasteiger partial charge >= 0.3 is 0 Å². The molecule has 2 rings (SSSR count). The minimum atomic E-state index is 0.210. The van der Waals surface area contributed by atoms with E-state index in [2.05, 4.69) is 27.3 Å². The SMILES string of the molecule is CNC(Cc1cccc(Cl)c1)c1ccoc1Br. The lowest BCUT2D eigenvalue weighted by Crippen LogP contribution is -2.18. The molecule has 17 heavy (non-hydrogen) atoms. The number of likely N-dealkylation sites (N-methyl/N-ethyl adjacent to an activating group) is 1. The van der Waals surface area contributed by atoms with Gasteiger partial charge in [-0.15, -0.1) is 0 Å². The number of halogens is 2. The fourth-order valence-electron chi connectivity index (χ4n) is 1.82. The van der Waals surface area contributed by atoms with E-state index < -0.39 is 0 Å². The zero-order valence-electron chi connectivity index (χ0n) is 9.41. The maximum atomic E-state index is 5.98. The Morgan fingerprint density at radius 3 is 2.82 bits per heavy atom. The summed E-state index contributed by atoms with van der Waals surface area (Å²) in [5.41, 5.74) is 2.32. The topological polar surface area (TPSA) is 25.2 Å². The molecule has 0 amide bonds. The first-order chi connectivity index (χ1) is 8.20. The van der Waals surface area contributed by atoms with Crippen molar-refractivity contribution in [3.05, 3.63) is 57.4 Å². The number of hydrogen-bond donors (Lipinski definition) is 1. The van der Waals surface area contributed by atoms with Gasteiger partial charge in [0.15, 0.2) is 4.67 Å². The molecular formula is C13H13BrClNO. The summed E-state index contributed by atoms with van der Waals surface area (Å²) in [6.07, 6.45) is 2.55. The van der Waals surface area contributed by atoms with Crippen LogP contribution in [0, 0.1) is 0 Å². The number of nitrogens with one attached hydrogen (secondary N) is 1. The molecule has 0 saturated carbocycles. The lowest BCUT2D eigenvalue weighted by molar-refractivity contribution is 0.518. The minimum Gasteiger partial charge on any atom is -0.457 e. The summed E-state index contributed by atoms with van der Waals surface area (Å²) in [5.74, 6) is 0. The van der Waals surface area contributed by atoms with Crippen LogP contribution in [0.5, 0.6) is 0 Å². The van der Waals surface area contributed by atoms with E-state index >= 15 is 0 Å². The van der Waals surface area contributed by atoms with Crippen LogP contribution in [0.2, 0.25) is 5.02 Å². The Morgan fingerprint density at radius 2 is 2.24 bits per heavy atom. The Hall–Kier alpha value is -0.770. The zero-order chi connectivity index (χ0) is 12.3. The molecule has 1 heterocycles. The molecule has 1 N–H and O–H groups in total. The molecule has 1 unspecified atom stereocenters. The van der Waals surface area contributed by atoms with Gasteiger partial charge in [0, 0.05) is 16.6 Å². The lowest BCUT2D eigenvalue weighted by Gasteiger charge is -2.15. The maximum Gasteiger partial charge on any atom is 0.173 e. The van der Waals surface area contributed by atoms with E-state index in [1.54, 1.807) is 6.26 Å². The van der Waals surface area contributed by atoms with E-state index in [1.807, 2.05) is 31.3 Å². The van der Waals surface area contributed by atoms with E-state index in [0.29, 0.717) is 0 Å². The van der Waals surface area contributed by atoms with Crippen molar-refractivity contribution >= 4 is 27.5 Å². The first kappa shape index (κ1) is 12.7. The van der Waals surface area contributed by atoms with Gasteiger partial charge in [-0.3, -0.25) is 0 Å². The normalized spacial score (nSPS) is 12.6. The van der Waals surface area contributed by atoms with Gasteiger partial charge in [-0.1, -0.05) is 23.7 Å².